The van der Waals surface area contributed by atoms with E-state index in [1.807, 2.05) is 30.3 Å². The molecule has 1 N–H and O–H groups in total. The highest BCUT2D eigenvalue weighted by molar-refractivity contribution is 5.90. The fraction of sp³-hybridized carbons (Fsp3) is 0.182. The molecular weight excluding hydrogens is 176 g/mol. The molecule has 0 amide bonds. The number of nitrogens with one attached hydrogen (secondary N) is 1. The van der Waals surface area contributed by atoms with Crippen LogP contribution in [0.3, 0.4) is 0 Å². The molecule has 1 aromatic heterocycles. The van der Waals surface area contributed by atoms with Crippen LogP contribution in [0.1, 0.15) is 0 Å². The third kappa shape index (κ3) is 1.67. The first-order chi connectivity index (χ1) is 6.92. The van der Waals surface area contributed by atoms with Crippen LogP contribution >= 0.6 is 0 Å². The summed E-state index contributed by atoms with van der Waals surface area (Å²) in [4.78, 5) is 4.27. The molecule has 1 heterocycles. The van der Waals surface area contributed by atoms with Crippen molar-refractivity contribution in [2.75, 3.05) is 19.2 Å². The number of aromatic nitrogens is 1. The fourth-order valence-corrected chi connectivity index (χ4v) is 1.40. The molecule has 0 aliphatic rings. The first-order valence-electron chi connectivity index (χ1n) is 4.48. The van der Waals surface area contributed by atoms with Crippen LogP contribution < -0.4 is 5.32 Å². The van der Waals surface area contributed by atoms with E-state index in [2.05, 4.69) is 10.3 Å². The van der Waals surface area contributed by atoms with Gasteiger partial charge < -0.3 is 10.1 Å². The van der Waals surface area contributed by atoms with Crippen molar-refractivity contribution in [3.63, 3.8) is 0 Å². The highest BCUT2D eigenvalue weighted by Crippen LogP contribution is 2.20. The van der Waals surface area contributed by atoms with Crippen molar-refractivity contribution in [3.8, 4) is 0 Å². The minimum Gasteiger partial charge on any atom is -0.365 e. The minimum atomic E-state index is 0.508. The van der Waals surface area contributed by atoms with Crippen molar-refractivity contribution >= 4 is 16.6 Å². The maximum absolute atomic E-state index is 4.96. The molecule has 3 heteroatoms. The molecule has 0 fully saturated rings. The van der Waals surface area contributed by atoms with E-state index in [0.717, 1.165) is 16.6 Å². The van der Waals surface area contributed by atoms with E-state index in [9.17, 15) is 0 Å². The number of ether oxygens (including phenoxy) is 1. The Bertz CT molecular complexity index is 423. The summed E-state index contributed by atoms with van der Waals surface area (Å²) in [7, 11) is 1.66. The third-order valence-electron chi connectivity index (χ3n) is 2.06. The Morgan fingerprint density at radius 2 is 2.14 bits per heavy atom. The summed E-state index contributed by atoms with van der Waals surface area (Å²) in [5.74, 6) is 0. The molecular formula is C11H12N2O. The van der Waals surface area contributed by atoms with E-state index in [4.69, 9.17) is 4.74 Å². The number of anilines is 1. The van der Waals surface area contributed by atoms with Crippen molar-refractivity contribution in [2.45, 2.75) is 0 Å². The van der Waals surface area contributed by atoms with Crippen LogP contribution in [0.4, 0.5) is 5.69 Å². The van der Waals surface area contributed by atoms with Crippen molar-refractivity contribution in [2.24, 2.45) is 0 Å². The zero-order valence-corrected chi connectivity index (χ0v) is 8.03. The molecule has 0 atom stereocenters. The lowest BCUT2D eigenvalue weighted by molar-refractivity contribution is 0.221. The van der Waals surface area contributed by atoms with Gasteiger partial charge >= 0.3 is 0 Å². The van der Waals surface area contributed by atoms with Gasteiger partial charge in [-0.25, -0.2) is 0 Å². The van der Waals surface area contributed by atoms with E-state index < -0.39 is 0 Å². The van der Waals surface area contributed by atoms with Gasteiger partial charge in [-0.2, -0.15) is 0 Å². The average molecular weight is 188 g/mol. The van der Waals surface area contributed by atoms with Gasteiger partial charge in [0.2, 0.25) is 0 Å². The van der Waals surface area contributed by atoms with Crippen LogP contribution in [0, 0.1) is 0 Å². The normalized spacial score (nSPS) is 10.4. The summed E-state index contributed by atoms with van der Waals surface area (Å²) in [6.07, 6.45) is 1.79. The standard InChI is InChI=1S/C11H12N2O/c1-14-8-13-11-6-7-12-10-5-3-2-4-9(10)11/h2-7H,8H2,1H3,(H,12,13). The number of fused-ring (bicyclic) bond motifs is 1. The van der Waals surface area contributed by atoms with Crippen LogP contribution in [0.25, 0.3) is 10.9 Å². The number of benzene rings is 1. The van der Waals surface area contributed by atoms with Crippen LogP contribution in [0.2, 0.25) is 0 Å². The van der Waals surface area contributed by atoms with Crippen molar-refractivity contribution < 1.29 is 4.74 Å². The molecule has 0 bridgehead atoms. The van der Waals surface area contributed by atoms with Gasteiger partial charge in [0.15, 0.2) is 0 Å². The molecule has 14 heavy (non-hydrogen) atoms. The Morgan fingerprint density at radius 3 is 3.00 bits per heavy atom. The molecule has 0 saturated carbocycles. The van der Waals surface area contributed by atoms with Crippen LogP contribution in [-0.2, 0) is 4.74 Å². The predicted octanol–water partition coefficient (Wildman–Crippen LogP) is 2.25. The average Bonchev–Trinajstić information content (AvgIpc) is 2.26. The van der Waals surface area contributed by atoms with Gasteiger partial charge in [-0.3, -0.25) is 4.98 Å². The number of para-hydroxylation sites is 1. The number of hydrogen-bond donors (Lipinski definition) is 1. The lowest BCUT2D eigenvalue weighted by atomic mass is 10.2. The molecule has 0 radical (unpaired) electrons. The number of rotatable bonds is 3. The zero-order chi connectivity index (χ0) is 9.80. The van der Waals surface area contributed by atoms with Crippen LogP contribution in [0.5, 0.6) is 0 Å². The second kappa shape index (κ2) is 4.07. The summed E-state index contributed by atoms with van der Waals surface area (Å²) < 4.78 is 4.96. The SMILES string of the molecule is COCNc1ccnc2ccccc12. The van der Waals surface area contributed by atoms with Gasteiger partial charge in [-0.05, 0) is 12.1 Å². The number of pyridine rings is 1. The van der Waals surface area contributed by atoms with E-state index in [1.165, 1.54) is 0 Å². The number of methoxy groups -OCH3 is 1. The van der Waals surface area contributed by atoms with Crippen LogP contribution in [-0.4, -0.2) is 18.8 Å². The molecule has 0 aliphatic carbocycles. The molecule has 0 saturated heterocycles. The predicted molar refractivity (Wildman–Crippen MR) is 57.2 cm³/mol. The smallest absolute Gasteiger partial charge is 0.116 e. The van der Waals surface area contributed by atoms with Gasteiger partial charge in [0, 0.05) is 24.4 Å². The Kier molecular flexibility index (Phi) is 2.60. The monoisotopic (exact) mass is 188 g/mol. The maximum atomic E-state index is 4.96. The van der Waals surface area contributed by atoms with Crippen molar-refractivity contribution in [3.05, 3.63) is 36.5 Å². The summed E-state index contributed by atoms with van der Waals surface area (Å²) in [6.45, 7) is 0.508. The van der Waals surface area contributed by atoms with E-state index in [-0.39, 0.29) is 0 Å². The second-order valence-electron chi connectivity index (χ2n) is 2.99. The molecule has 2 aromatic rings. The molecule has 1 aromatic carbocycles. The molecule has 72 valence electrons. The molecule has 0 unspecified atom stereocenters. The summed E-state index contributed by atoms with van der Waals surface area (Å²) in [5, 5.41) is 4.29. The Morgan fingerprint density at radius 1 is 1.29 bits per heavy atom. The molecule has 0 aliphatic heterocycles. The topological polar surface area (TPSA) is 34.1 Å². The zero-order valence-electron chi connectivity index (χ0n) is 8.03. The Balaban J connectivity index is 2.43. The van der Waals surface area contributed by atoms with Crippen LogP contribution in [0.15, 0.2) is 36.5 Å². The Labute approximate surface area is 82.7 Å². The van der Waals surface area contributed by atoms with Gasteiger partial charge in [-0.15, -0.1) is 0 Å². The maximum Gasteiger partial charge on any atom is 0.116 e. The Hall–Kier alpha value is -1.61. The highest BCUT2D eigenvalue weighted by Gasteiger charge is 1.98. The van der Waals surface area contributed by atoms with Crippen molar-refractivity contribution in [1.29, 1.82) is 0 Å². The van der Waals surface area contributed by atoms with E-state index >= 15 is 0 Å². The summed E-state index contributed by atoms with van der Waals surface area (Å²) in [5.41, 5.74) is 2.05. The lowest BCUT2D eigenvalue weighted by Crippen LogP contribution is -2.03. The van der Waals surface area contributed by atoms with Crippen molar-refractivity contribution in [1.82, 2.24) is 4.98 Å². The first-order valence-corrected chi connectivity index (χ1v) is 4.48. The third-order valence-corrected chi connectivity index (χ3v) is 2.06. The van der Waals surface area contributed by atoms with Gasteiger partial charge in [0.05, 0.1) is 5.52 Å². The molecule has 3 nitrogen and oxygen atoms in total. The quantitative estimate of drug-likeness (QED) is 0.750. The van der Waals surface area contributed by atoms with Gasteiger partial charge in [-0.1, -0.05) is 18.2 Å². The largest absolute Gasteiger partial charge is 0.365 e. The first kappa shape index (κ1) is 8.97. The lowest BCUT2D eigenvalue weighted by Gasteiger charge is -2.07. The number of hydrogen-bond acceptors (Lipinski definition) is 3. The van der Waals surface area contributed by atoms with Gasteiger partial charge in [0.25, 0.3) is 0 Å². The van der Waals surface area contributed by atoms with E-state index in [1.54, 1.807) is 13.3 Å². The van der Waals surface area contributed by atoms with E-state index in [0.29, 0.717) is 6.73 Å². The van der Waals surface area contributed by atoms with Gasteiger partial charge in [0.1, 0.15) is 6.73 Å². The summed E-state index contributed by atoms with van der Waals surface area (Å²) >= 11 is 0. The number of nitrogens with zero attached hydrogens (tertiary/aromatic N) is 1. The fourth-order valence-electron chi connectivity index (χ4n) is 1.40. The summed E-state index contributed by atoms with van der Waals surface area (Å²) in [6, 6.07) is 9.96. The second-order valence-corrected chi connectivity index (χ2v) is 2.99. The molecule has 0 spiro atoms. The highest BCUT2D eigenvalue weighted by atomic mass is 16.5. The molecule has 2 rings (SSSR count). The minimum absolute atomic E-state index is 0.508.